The van der Waals surface area contributed by atoms with E-state index in [0.717, 1.165) is 22.4 Å². The van der Waals surface area contributed by atoms with Crippen LogP contribution < -0.4 is 9.47 Å². The third-order valence-corrected chi connectivity index (χ3v) is 5.01. The van der Waals surface area contributed by atoms with Gasteiger partial charge in [0.1, 0.15) is 6.61 Å². The number of halogens is 2. The highest BCUT2D eigenvalue weighted by Crippen LogP contribution is 2.37. The number of nitrogens with zero attached hydrogens (tertiary/aromatic N) is 1. The number of benzene rings is 3. The average molecular weight is 414 g/mol. The summed E-state index contributed by atoms with van der Waals surface area (Å²) in [6.07, 6.45) is 1.78. The van der Waals surface area contributed by atoms with Crippen LogP contribution in [0.15, 0.2) is 59.6 Å². The molecule has 3 aromatic carbocycles. The Kier molecular flexibility index (Phi) is 6.61. The van der Waals surface area contributed by atoms with E-state index < -0.39 is 0 Å². The standard InChI is InChI=1S/C23H21Cl2NO2/c1-15-5-4-6-21(16(15)2)26-13-18-11-20(25)23(22(12-18)27-3)28-14-17-7-9-19(24)10-8-17/h4-13H,14H2,1-3H3. The van der Waals surface area contributed by atoms with E-state index in [4.69, 9.17) is 32.7 Å². The lowest BCUT2D eigenvalue weighted by atomic mass is 10.1. The highest BCUT2D eigenvalue weighted by molar-refractivity contribution is 6.32. The van der Waals surface area contributed by atoms with E-state index in [9.17, 15) is 0 Å². The molecule has 0 aliphatic rings. The second kappa shape index (κ2) is 9.13. The SMILES string of the molecule is COc1cc(C=Nc2cccc(C)c2C)cc(Cl)c1OCc1ccc(Cl)cc1. The van der Waals surface area contributed by atoms with Crippen molar-refractivity contribution in [1.82, 2.24) is 0 Å². The van der Waals surface area contributed by atoms with Crippen LogP contribution >= 0.6 is 23.2 Å². The normalized spacial score (nSPS) is 11.0. The Balaban J connectivity index is 1.81. The molecule has 0 heterocycles. The van der Waals surface area contributed by atoms with Crippen LogP contribution in [0.25, 0.3) is 0 Å². The Morgan fingerprint density at radius 3 is 2.46 bits per heavy atom. The van der Waals surface area contributed by atoms with Gasteiger partial charge in [-0.3, -0.25) is 4.99 Å². The fourth-order valence-corrected chi connectivity index (χ4v) is 3.11. The second-order valence-electron chi connectivity index (χ2n) is 6.43. The van der Waals surface area contributed by atoms with Gasteiger partial charge in [0.15, 0.2) is 11.5 Å². The Hall–Kier alpha value is -2.49. The van der Waals surface area contributed by atoms with Gasteiger partial charge in [-0.1, -0.05) is 47.5 Å². The summed E-state index contributed by atoms with van der Waals surface area (Å²) >= 11 is 12.4. The quantitative estimate of drug-likeness (QED) is 0.409. The molecular formula is C23H21Cl2NO2. The van der Waals surface area contributed by atoms with Gasteiger partial charge in [0, 0.05) is 11.2 Å². The van der Waals surface area contributed by atoms with Crippen molar-refractivity contribution >= 4 is 35.1 Å². The third kappa shape index (κ3) is 4.86. The van der Waals surface area contributed by atoms with Gasteiger partial charge in [-0.05, 0) is 66.4 Å². The zero-order valence-corrected chi connectivity index (χ0v) is 17.5. The molecule has 5 heteroatoms. The number of hydrogen-bond donors (Lipinski definition) is 0. The minimum atomic E-state index is 0.364. The first-order chi connectivity index (χ1) is 13.5. The minimum absolute atomic E-state index is 0.364. The maximum atomic E-state index is 6.46. The fourth-order valence-electron chi connectivity index (χ4n) is 2.71. The maximum absolute atomic E-state index is 6.46. The van der Waals surface area contributed by atoms with Gasteiger partial charge in [-0.15, -0.1) is 0 Å². The lowest BCUT2D eigenvalue weighted by Crippen LogP contribution is -1.99. The van der Waals surface area contributed by atoms with Gasteiger partial charge in [0.25, 0.3) is 0 Å². The first kappa shape index (κ1) is 20.2. The van der Waals surface area contributed by atoms with Crippen molar-refractivity contribution < 1.29 is 9.47 Å². The number of methoxy groups -OCH3 is 1. The van der Waals surface area contributed by atoms with Crippen molar-refractivity contribution in [3.8, 4) is 11.5 Å². The average Bonchev–Trinajstić information content (AvgIpc) is 2.69. The number of aryl methyl sites for hydroxylation is 1. The van der Waals surface area contributed by atoms with E-state index in [1.807, 2.05) is 48.5 Å². The first-order valence-corrected chi connectivity index (χ1v) is 9.58. The number of ether oxygens (including phenoxy) is 2. The van der Waals surface area contributed by atoms with Crippen LogP contribution in [0.2, 0.25) is 10.0 Å². The van der Waals surface area contributed by atoms with E-state index in [1.165, 1.54) is 5.56 Å². The fraction of sp³-hybridized carbons (Fsp3) is 0.174. The van der Waals surface area contributed by atoms with E-state index >= 15 is 0 Å². The first-order valence-electron chi connectivity index (χ1n) is 8.83. The third-order valence-electron chi connectivity index (χ3n) is 4.48. The van der Waals surface area contributed by atoms with Gasteiger partial charge in [0.2, 0.25) is 0 Å². The molecule has 28 heavy (non-hydrogen) atoms. The molecule has 0 spiro atoms. The van der Waals surface area contributed by atoms with Crippen molar-refractivity contribution in [3.63, 3.8) is 0 Å². The van der Waals surface area contributed by atoms with Crippen LogP contribution in [0.1, 0.15) is 22.3 Å². The highest BCUT2D eigenvalue weighted by Gasteiger charge is 2.12. The number of rotatable bonds is 6. The molecule has 0 amide bonds. The molecule has 0 saturated carbocycles. The molecule has 0 aliphatic heterocycles. The van der Waals surface area contributed by atoms with Crippen molar-refractivity contribution in [2.45, 2.75) is 20.5 Å². The molecule has 0 atom stereocenters. The molecule has 3 aromatic rings. The van der Waals surface area contributed by atoms with Crippen LogP contribution in [0.4, 0.5) is 5.69 Å². The van der Waals surface area contributed by atoms with Crippen LogP contribution in [-0.2, 0) is 6.61 Å². The van der Waals surface area contributed by atoms with E-state index in [-0.39, 0.29) is 0 Å². The summed E-state index contributed by atoms with van der Waals surface area (Å²) in [5.41, 5.74) is 5.11. The molecule has 144 valence electrons. The Bertz CT molecular complexity index is 998. The molecule has 0 fully saturated rings. The van der Waals surface area contributed by atoms with E-state index in [1.54, 1.807) is 13.3 Å². The monoisotopic (exact) mass is 413 g/mol. The van der Waals surface area contributed by atoms with E-state index in [0.29, 0.717) is 28.2 Å². The van der Waals surface area contributed by atoms with Crippen molar-refractivity contribution in [3.05, 3.63) is 86.9 Å². The lowest BCUT2D eigenvalue weighted by Gasteiger charge is -2.13. The lowest BCUT2D eigenvalue weighted by molar-refractivity contribution is 0.284. The molecule has 0 aromatic heterocycles. The van der Waals surface area contributed by atoms with Crippen molar-refractivity contribution in [2.75, 3.05) is 7.11 Å². The van der Waals surface area contributed by atoms with E-state index in [2.05, 4.69) is 24.9 Å². The summed E-state index contributed by atoms with van der Waals surface area (Å²) in [5.74, 6) is 1.06. The molecule has 0 aliphatic carbocycles. The van der Waals surface area contributed by atoms with Crippen LogP contribution in [0.3, 0.4) is 0 Å². The largest absolute Gasteiger partial charge is 0.493 e. The Morgan fingerprint density at radius 2 is 1.75 bits per heavy atom. The summed E-state index contributed by atoms with van der Waals surface area (Å²) in [4.78, 5) is 4.59. The van der Waals surface area contributed by atoms with Gasteiger partial charge in [-0.2, -0.15) is 0 Å². The van der Waals surface area contributed by atoms with Crippen LogP contribution in [0, 0.1) is 13.8 Å². The highest BCUT2D eigenvalue weighted by atomic mass is 35.5. The van der Waals surface area contributed by atoms with Gasteiger partial charge < -0.3 is 9.47 Å². The van der Waals surface area contributed by atoms with Gasteiger partial charge >= 0.3 is 0 Å². The molecule has 0 bridgehead atoms. The zero-order chi connectivity index (χ0) is 20.1. The molecule has 0 radical (unpaired) electrons. The molecule has 3 rings (SSSR count). The predicted octanol–water partition coefficient (Wildman–Crippen LogP) is 6.95. The Labute approximate surface area is 175 Å². The maximum Gasteiger partial charge on any atom is 0.180 e. The topological polar surface area (TPSA) is 30.8 Å². The zero-order valence-electron chi connectivity index (χ0n) is 16.0. The molecular weight excluding hydrogens is 393 g/mol. The summed E-state index contributed by atoms with van der Waals surface area (Å²) in [6.45, 7) is 4.49. The number of aliphatic imine (C=N–C) groups is 1. The smallest absolute Gasteiger partial charge is 0.180 e. The van der Waals surface area contributed by atoms with Gasteiger partial charge in [-0.25, -0.2) is 0 Å². The van der Waals surface area contributed by atoms with Crippen LogP contribution in [0.5, 0.6) is 11.5 Å². The number of hydrogen-bond acceptors (Lipinski definition) is 3. The molecule has 0 N–H and O–H groups in total. The summed E-state index contributed by atoms with van der Waals surface area (Å²) < 4.78 is 11.4. The van der Waals surface area contributed by atoms with Gasteiger partial charge in [0.05, 0.1) is 17.8 Å². The second-order valence-corrected chi connectivity index (χ2v) is 7.27. The van der Waals surface area contributed by atoms with Crippen molar-refractivity contribution in [2.24, 2.45) is 4.99 Å². The minimum Gasteiger partial charge on any atom is -0.493 e. The summed E-state index contributed by atoms with van der Waals surface area (Å²) in [7, 11) is 1.59. The molecule has 3 nitrogen and oxygen atoms in total. The summed E-state index contributed by atoms with van der Waals surface area (Å²) in [6, 6.07) is 17.2. The molecule has 0 saturated heterocycles. The summed E-state index contributed by atoms with van der Waals surface area (Å²) in [5, 5.41) is 1.16. The Morgan fingerprint density at radius 1 is 1.00 bits per heavy atom. The van der Waals surface area contributed by atoms with Crippen molar-refractivity contribution in [1.29, 1.82) is 0 Å². The molecule has 0 unspecified atom stereocenters. The van der Waals surface area contributed by atoms with Crippen LogP contribution in [-0.4, -0.2) is 13.3 Å². The predicted molar refractivity (Wildman–Crippen MR) is 117 cm³/mol.